The highest BCUT2D eigenvalue weighted by atomic mass is 16.5. The highest BCUT2D eigenvalue weighted by Crippen LogP contribution is 2.39. The molecule has 2 aliphatic heterocycles. The molecule has 2 aromatic carbocycles. The third-order valence-electron chi connectivity index (χ3n) is 6.16. The van der Waals surface area contributed by atoms with Gasteiger partial charge in [-0.3, -0.25) is 9.59 Å². The van der Waals surface area contributed by atoms with Gasteiger partial charge in [0.1, 0.15) is 11.4 Å². The number of imide groups is 1. The Morgan fingerprint density at radius 3 is 2.09 bits per heavy atom. The summed E-state index contributed by atoms with van der Waals surface area (Å²) in [6.45, 7) is 11.4. The molecule has 1 fully saturated rings. The summed E-state index contributed by atoms with van der Waals surface area (Å²) in [6.07, 6.45) is -0.105. The van der Waals surface area contributed by atoms with Gasteiger partial charge < -0.3 is 14.4 Å². The number of benzene rings is 2. The minimum atomic E-state index is -0.338. The molecule has 6 nitrogen and oxygen atoms in total. The predicted octanol–water partition coefficient (Wildman–Crippen LogP) is 4.39. The van der Waals surface area contributed by atoms with Crippen molar-refractivity contribution in [3.63, 3.8) is 0 Å². The molecule has 4 rings (SSSR count). The Labute approximate surface area is 195 Å². The first-order valence-electron chi connectivity index (χ1n) is 11.4. The predicted molar refractivity (Wildman–Crippen MR) is 129 cm³/mol. The highest BCUT2D eigenvalue weighted by Gasteiger charge is 2.44. The molecule has 174 valence electrons. The number of carbonyl (C=O) groups is 2. The van der Waals surface area contributed by atoms with E-state index in [1.54, 1.807) is 7.11 Å². The van der Waals surface area contributed by atoms with Crippen molar-refractivity contribution in [2.45, 2.75) is 52.2 Å². The van der Waals surface area contributed by atoms with Crippen LogP contribution < -0.4 is 9.64 Å². The Balaban J connectivity index is 1.83. The standard InChI is InChI=1S/C27H32N2O4/c1-17-15-28(16-18(2)33-17)24-23(21-9-7-8-10-22(21)32-6)25(30)29(26(24)31)20-13-11-19(12-14-20)27(3,4)5/h7-14,17-18H,15-16H2,1-6H3. The fourth-order valence-electron chi connectivity index (χ4n) is 4.61. The lowest BCUT2D eigenvalue weighted by atomic mass is 9.87. The molecule has 2 aliphatic rings. The van der Waals surface area contributed by atoms with E-state index in [9.17, 15) is 9.59 Å². The van der Waals surface area contributed by atoms with Gasteiger partial charge in [0.05, 0.1) is 30.6 Å². The lowest BCUT2D eigenvalue weighted by Gasteiger charge is -2.37. The molecular weight excluding hydrogens is 416 g/mol. The molecule has 2 heterocycles. The molecule has 0 spiro atoms. The zero-order chi connectivity index (χ0) is 23.9. The van der Waals surface area contributed by atoms with Crippen LogP contribution in [0.2, 0.25) is 0 Å². The van der Waals surface area contributed by atoms with Crippen molar-refractivity contribution in [3.8, 4) is 5.75 Å². The third-order valence-corrected chi connectivity index (χ3v) is 6.16. The van der Waals surface area contributed by atoms with E-state index < -0.39 is 0 Å². The van der Waals surface area contributed by atoms with E-state index in [-0.39, 0.29) is 29.4 Å². The topological polar surface area (TPSA) is 59.1 Å². The Morgan fingerprint density at radius 1 is 0.909 bits per heavy atom. The number of morpholine rings is 1. The zero-order valence-electron chi connectivity index (χ0n) is 20.2. The Kier molecular flexibility index (Phi) is 6.06. The highest BCUT2D eigenvalue weighted by molar-refractivity contribution is 6.45. The van der Waals surface area contributed by atoms with Crippen molar-refractivity contribution in [1.29, 1.82) is 0 Å². The summed E-state index contributed by atoms with van der Waals surface area (Å²) >= 11 is 0. The third kappa shape index (κ3) is 4.27. The van der Waals surface area contributed by atoms with E-state index in [1.807, 2.05) is 67.3 Å². The number of para-hydroxylation sites is 1. The fourth-order valence-corrected chi connectivity index (χ4v) is 4.61. The van der Waals surface area contributed by atoms with Crippen molar-refractivity contribution in [2.24, 2.45) is 0 Å². The quantitative estimate of drug-likeness (QED) is 0.650. The van der Waals surface area contributed by atoms with Crippen LogP contribution in [0.25, 0.3) is 5.57 Å². The molecule has 2 aromatic rings. The van der Waals surface area contributed by atoms with E-state index in [2.05, 4.69) is 20.8 Å². The molecule has 0 N–H and O–H groups in total. The number of anilines is 1. The van der Waals surface area contributed by atoms with Gasteiger partial charge >= 0.3 is 0 Å². The summed E-state index contributed by atoms with van der Waals surface area (Å²) in [7, 11) is 1.57. The number of hydrogen-bond donors (Lipinski definition) is 0. The lowest BCUT2D eigenvalue weighted by Crippen LogP contribution is -2.47. The van der Waals surface area contributed by atoms with Crippen LogP contribution in [0.15, 0.2) is 54.2 Å². The molecule has 0 aromatic heterocycles. The summed E-state index contributed by atoms with van der Waals surface area (Å²) in [4.78, 5) is 30.9. The summed E-state index contributed by atoms with van der Waals surface area (Å²) in [6, 6.07) is 15.0. The molecule has 2 atom stereocenters. The molecule has 6 heteroatoms. The number of nitrogens with zero attached hydrogens (tertiary/aromatic N) is 2. The first-order valence-corrected chi connectivity index (χ1v) is 11.4. The van der Waals surface area contributed by atoms with Crippen LogP contribution in [0, 0.1) is 0 Å². The zero-order valence-corrected chi connectivity index (χ0v) is 20.2. The van der Waals surface area contributed by atoms with Crippen molar-refractivity contribution in [1.82, 2.24) is 4.90 Å². The maximum absolute atomic E-state index is 13.8. The second kappa shape index (κ2) is 8.67. The van der Waals surface area contributed by atoms with Gasteiger partial charge in [-0.05, 0) is 43.0 Å². The molecule has 1 saturated heterocycles. The summed E-state index contributed by atoms with van der Waals surface area (Å²) < 4.78 is 11.4. The van der Waals surface area contributed by atoms with Crippen LogP contribution in [0.5, 0.6) is 5.75 Å². The molecular formula is C27H32N2O4. The minimum absolute atomic E-state index is 0.0242. The van der Waals surface area contributed by atoms with Crippen molar-refractivity contribution < 1.29 is 19.1 Å². The average Bonchev–Trinajstić information content (AvgIpc) is 3.02. The monoisotopic (exact) mass is 448 g/mol. The van der Waals surface area contributed by atoms with E-state index in [1.165, 1.54) is 4.90 Å². The number of carbonyl (C=O) groups excluding carboxylic acids is 2. The number of amides is 2. The second-order valence-corrected chi connectivity index (χ2v) is 9.83. The van der Waals surface area contributed by atoms with Crippen LogP contribution in [0.1, 0.15) is 45.7 Å². The van der Waals surface area contributed by atoms with E-state index in [0.717, 1.165) is 5.56 Å². The van der Waals surface area contributed by atoms with Crippen LogP contribution in [-0.2, 0) is 19.7 Å². The second-order valence-electron chi connectivity index (χ2n) is 9.83. The van der Waals surface area contributed by atoms with Gasteiger partial charge in [-0.25, -0.2) is 4.90 Å². The molecule has 0 saturated carbocycles. The van der Waals surface area contributed by atoms with Crippen molar-refractivity contribution >= 4 is 23.1 Å². The van der Waals surface area contributed by atoms with Gasteiger partial charge in [0, 0.05) is 18.7 Å². The fraction of sp³-hybridized carbons (Fsp3) is 0.407. The van der Waals surface area contributed by atoms with Gasteiger partial charge in [0.15, 0.2) is 0 Å². The maximum Gasteiger partial charge on any atom is 0.282 e. The molecule has 0 bridgehead atoms. The Bertz CT molecular complexity index is 1090. The molecule has 2 unspecified atom stereocenters. The summed E-state index contributed by atoms with van der Waals surface area (Å²) in [5.74, 6) is -0.0917. The normalized spacial score (nSPS) is 21.8. The van der Waals surface area contributed by atoms with Crippen molar-refractivity contribution in [2.75, 3.05) is 25.1 Å². The van der Waals surface area contributed by atoms with Gasteiger partial charge in [0.25, 0.3) is 11.8 Å². The van der Waals surface area contributed by atoms with Crippen LogP contribution >= 0.6 is 0 Å². The molecule has 2 amide bonds. The summed E-state index contributed by atoms with van der Waals surface area (Å²) in [5.41, 5.74) is 3.08. The molecule has 0 aliphatic carbocycles. The number of rotatable bonds is 4. The smallest absolute Gasteiger partial charge is 0.282 e. The largest absolute Gasteiger partial charge is 0.496 e. The Morgan fingerprint density at radius 2 is 1.52 bits per heavy atom. The average molecular weight is 449 g/mol. The van der Waals surface area contributed by atoms with Gasteiger partial charge in [-0.1, -0.05) is 51.1 Å². The van der Waals surface area contributed by atoms with Gasteiger partial charge in [-0.15, -0.1) is 0 Å². The molecule has 33 heavy (non-hydrogen) atoms. The minimum Gasteiger partial charge on any atom is -0.496 e. The van der Waals surface area contributed by atoms with Crippen LogP contribution in [-0.4, -0.2) is 49.1 Å². The number of hydrogen-bond acceptors (Lipinski definition) is 5. The lowest BCUT2D eigenvalue weighted by molar-refractivity contribution is -0.121. The van der Waals surface area contributed by atoms with Crippen LogP contribution in [0.4, 0.5) is 5.69 Å². The molecule has 0 radical (unpaired) electrons. The van der Waals surface area contributed by atoms with E-state index >= 15 is 0 Å². The van der Waals surface area contributed by atoms with Gasteiger partial charge in [0.2, 0.25) is 0 Å². The SMILES string of the molecule is COc1ccccc1C1=C(N2CC(C)OC(C)C2)C(=O)N(c2ccc(C(C)(C)C)cc2)C1=O. The van der Waals surface area contributed by atoms with Crippen LogP contribution in [0.3, 0.4) is 0 Å². The number of methoxy groups -OCH3 is 1. The van der Waals surface area contributed by atoms with Crippen molar-refractivity contribution in [3.05, 3.63) is 65.4 Å². The summed E-state index contributed by atoms with van der Waals surface area (Å²) in [5, 5.41) is 0. The van der Waals surface area contributed by atoms with E-state index in [4.69, 9.17) is 9.47 Å². The first kappa shape index (κ1) is 23.1. The first-order chi connectivity index (χ1) is 15.6. The number of ether oxygens (including phenoxy) is 2. The Hall–Kier alpha value is -3.12. The maximum atomic E-state index is 13.8. The van der Waals surface area contributed by atoms with Gasteiger partial charge in [-0.2, -0.15) is 0 Å². The van der Waals surface area contributed by atoms with E-state index in [0.29, 0.717) is 41.4 Å².